The lowest BCUT2D eigenvalue weighted by atomic mass is 9.59. The van der Waals surface area contributed by atoms with E-state index in [4.69, 9.17) is 0 Å². The van der Waals surface area contributed by atoms with E-state index in [-0.39, 0.29) is 27.1 Å². The van der Waals surface area contributed by atoms with Crippen LogP contribution in [-0.4, -0.2) is 0 Å². The van der Waals surface area contributed by atoms with Gasteiger partial charge in [-0.1, -0.05) is 147 Å². The first kappa shape index (κ1) is 34.4. The maximum Gasteiger partial charge on any atom is 0.0443 e. The van der Waals surface area contributed by atoms with Crippen LogP contribution in [0, 0.1) is 31.6 Å². The highest BCUT2D eigenvalue weighted by molar-refractivity contribution is 6.13. The molecule has 4 aromatic carbocycles. The molecule has 0 saturated carbocycles. The van der Waals surface area contributed by atoms with Gasteiger partial charge < -0.3 is 0 Å². The molecular weight excluding hydrogens is 613 g/mol. The van der Waals surface area contributed by atoms with E-state index in [9.17, 15) is 0 Å². The Kier molecular flexibility index (Phi) is 7.39. The number of benzene rings is 4. The molecule has 1 unspecified atom stereocenters. The minimum absolute atomic E-state index is 0.0444. The van der Waals surface area contributed by atoms with Crippen molar-refractivity contribution in [1.29, 1.82) is 0 Å². The van der Waals surface area contributed by atoms with Crippen LogP contribution < -0.4 is 0 Å². The second kappa shape index (κ2) is 10.9. The van der Waals surface area contributed by atoms with Gasteiger partial charge in [-0.15, -0.1) is 0 Å². The molecule has 0 bridgehead atoms. The van der Waals surface area contributed by atoms with Crippen molar-refractivity contribution in [2.24, 2.45) is 10.8 Å². The molecule has 0 radical (unpaired) electrons. The Morgan fingerprint density at radius 3 is 1.92 bits per heavy atom. The number of aryl methyl sites for hydroxylation is 3. The summed E-state index contributed by atoms with van der Waals surface area (Å²) >= 11 is 0. The summed E-state index contributed by atoms with van der Waals surface area (Å²) in [7, 11) is 0. The molecule has 4 aromatic rings. The fourth-order valence-electron chi connectivity index (χ4n) is 11.5. The van der Waals surface area contributed by atoms with Crippen molar-refractivity contribution < 1.29 is 0 Å². The van der Waals surface area contributed by atoms with E-state index in [1.807, 2.05) is 0 Å². The molecule has 0 fully saturated rings. The number of hydrogen-bond acceptors (Lipinski definition) is 0. The van der Waals surface area contributed by atoms with Crippen molar-refractivity contribution in [2.75, 3.05) is 0 Å². The average Bonchev–Trinajstić information content (AvgIpc) is 3.62. The standard InChI is InChI=1S/C51H60/c1-14-49(12,15-2)33-27-34(50(13,16-3)17-4)29-51(28-33)40-23-22-36-44(48(10,11)45-35-20-18-19-21-39(35)47(8,9)46(36)45)42(40)38-26-32(7)41-31(6)24-30(5)25-37(41)43(38)51/h18-28H,14-17,29H2,1-13H3. The average molecular weight is 673 g/mol. The van der Waals surface area contributed by atoms with Crippen molar-refractivity contribution in [3.63, 3.8) is 0 Å². The Balaban J connectivity index is 1.54. The minimum atomic E-state index is -0.237. The molecule has 0 aliphatic heterocycles. The fraction of sp³-hybridized carbons (Fsp3) is 0.451. The number of hydrogen-bond donors (Lipinski definition) is 0. The van der Waals surface area contributed by atoms with Gasteiger partial charge >= 0.3 is 0 Å². The lowest BCUT2D eigenvalue weighted by Crippen LogP contribution is -2.34. The van der Waals surface area contributed by atoms with Gasteiger partial charge in [0.2, 0.25) is 0 Å². The predicted molar refractivity (Wildman–Crippen MR) is 222 cm³/mol. The first-order valence-electron chi connectivity index (χ1n) is 20.1. The van der Waals surface area contributed by atoms with Crippen LogP contribution in [-0.2, 0) is 16.2 Å². The summed E-state index contributed by atoms with van der Waals surface area (Å²) in [6.07, 6.45) is 11.1. The Labute approximate surface area is 309 Å². The number of fused-ring (bicyclic) bond motifs is 12. The quantitative estimate of drug-likeness (QED) is 0.191. The summed E-state index contributed by atoms with van der Waals surface area (Å²) in [5.41, 5.74) is 22.4. The zero-order valence-corrected chi connectivity index (χ0v) is 33.9. The van der Waals surface area contributed by atoms with Crippen LogP contribution in [0.4, 0.5) is 0 Å². The largest absolute Gasteiger partial charge is 0.0654 e. The van der Waals surface area contributed by atoms with Gasteiger partial charge in [-0.05, 0) is 147 Å². The van der Waals surface area contributed by atoms with Crippen molar-refractivity contribution in [3.8, 4) is 11.1 Å². The van der Waals surface area contributed by atoms with Crippen LogP contribution in [0.3, 0.4) is 0 Å². The highest BCUT2D eigenvalue weighted by Gasteiger charge is 2.55. The summed E-state index contributed by atoms with van der Waals surface area (Å²) in [6, 6.07) is 22.0. The smallest absolute Gasteiger partial charge is 0.0443 e. The molecule has 0 N–H and O–H groups in total. The van der Waals surface area contributed by atoms with Crippen molar-refractivity contribution >= 4 is 21.9 Å². The summed E-state index contributed by atoms with van der Waals surface area (Å²) in [4.78, 5) is 0. The van der Waals surface area contributed by atoms with E-state index in [0.29, 0.717) is 0 Å². The van der Waals surface area contributed by atoms with Gasteiger partial charge in [0.25, 0.3) is 0 Å². The zero-order valence-electron chi connectivity index (χ0n) is 33.9. The first-order valence-corrected chi connectivity index (χ1v) is 20.1. The molecule has 4 aliphatic carbocycles. The Bertz CT molecular complexity index is 2260. The fourth-order valence-corrected chi connectivity index (χ4v) is 11.5. The van der Waals surface area contributed by atoms with Gasteiger partial charge in [-0.3, -0.25) is 0 Å². The minimum Gasteiger partial charge on any atom is -0.0654 e. The molecule has 4 aliphatic rings. The van der Waals surface area contributed by atoms with Gasteiger partial charge in [0, 0.05) is 16.2 Å². The van der Waals surface area contributed by atoms with Gasteiger partial charge in [-0.25, -0.2) is 0 Å². The van der Waals surface area contributed by atoms with Crippen molar-refractivity contribution in [2.45, 2.75) is 138 Å². The third kappa shape index (κ3) is 4.26. The van der Waals surface area contributed by atoms with E-state index >= 15 is 0 Å². The molecule has 264 valence electrons. The lowest BCUT2D eigenvalue weighted by Gasteiger charge is -2.44. The van der Waals surface area contributed by atoms with E-state index < -0.39 is 0 Å². The molecular formula is C51H60. The van der Waals surface area contributed by atoms with Crippen LogP contribution >= 0.6 is 0 Å². The molecule has 0 heterocycles. The molecule has 0 amide bonds. The van der Waals surface area contributed by atoms with Crippen molar-refractivity contribution in [1.82, 2.24) is 0 Å². The Morgan fingerprint density at radius 2 is 1.25 bits per heavy atom. The van der Waals surface area contributed by atoms with E-state index in [1.165, 1.54) is 60.8 Å². The third-order valence-electron chi connectivity index (χ3n) is 15.2. The second-order valence-corrected chi connectivity index (χ2v) is 18.5. The van der Waals surface area contributed by atoms with Gasteiger partial charge in [0.05, 0.1) is 0 Å². The highest BCUT2D eigenvalue weighted by atomic mass is 14.6. The van der Waals surface area contributed by atoms with Crippen LogP contribution in [0.1, 0.15) is 151 Å². The third-order valence-corrected chi connectivity index (χ3v) is 15.2. The van der Waals surface area contributed by atoms with Gasteiger partial charge in [0.15, 0.2) is 0 Å². The monoisotopic (exact) mass is 672 g/mol. The summed E-state index contributed by atoms with van der Waals surface area (Å²) in [6.45, 7) is 31.7. The molecule has 0 nitrogen and oxygen atoms in total. The van der Waals surface area contributed by atoms with Crippen LogP contribution in [0.2, 0.25) is 0 Å². The molecule has 0 heteroatoms. The van der Waals surface area contributed by atoms with Crippen LogP contribution in [0.5, 0.6) is 0 Å². The number of rotatable bonds is 6. The Hall–Kier alpha value is -3.64. The van der Waals surface area contributed by atoms with E-state index in [0.717, 1.165) is 32.1 Å². The number of allylic oxidation sites excluding steroid dienone is 6. The maximum atomic E-state index is 2.81. The predicted octanol–water partition coefficient (Wildman–Crippen LogP) is 14.4. The summed E-state index contributed by atoms with van der Waals surface area (Å²) in [5.74, 6) is 0. The van der Waals surface area contributed by atoms with Crippen LogP contribution in [0.15, 0.2) is 77.9 Å². The lowest BCUT2D eigenvalue weighted by molar-refractivity contribution is 0.328. The van der Waals surface area contributed by atoms with E-state index in [1.54, 1.807) is 33.4 Å². The van der Waals surface area contributed by atoms with Crippen molar-refractivity contribution in [3.05, 3.63) is 128 Å². The maximum absolute atomic E-state index is 2.81. The van der Waals surface area contributed by atoms with Crippen LogP contribution in [0.25, 0.3) is 33.0 Å². The SMILES string of the molecule is CCC(C)(CC)C1=CC2(CC(C(C)(CC)CC)=C1)c1ccc3c(c1-c1cc(C)c4c(C)cc(C)cc4c12)C(C)(C)C1=C3C(C)(C)c2ccccc21. The molecule has 1 atom stereocenters. The summed E-state index contributed by atoms with van der Waals surface area (Å²) < 4.78 is 0. The summed E-state index contributed by atoms with van der Waals surface area (Å²) in [5, 5.41) is 2.92. The zero-order chi connectivity index (χ0) is 36.6. The second-order valence-electron chi connectivity index (χ2n) is 18.5. The molecule has 51 heavy (non-hydrogen) atoms. The Morgan fingerprint density at radius 1 is 0.627 bits per heavy atom. The molecule has 8 rings (SSSR count). The molecule has 1 spiro atoms. The van der Waals surface area contributed by atoms with Gasteiger partial charge in [0.1, 0.15) is 0 Å². The first-order chi connectivity index (χ1) is 24.0. The molecule has 0 saturated heterocycles. The van der Waals surface area contributed by atoms with Gasteiger partial charge in [-0.2, -0.15) is 0 Å². The topological polar surface area (TPSA) is 0 Å². The highest BCUT2D eigenvalue weighted by Crippen LogP contribution is 2.68. The van der Waals surface area contributed by atoms with E-state index in [2.05, 4.69) is 157 Å². The normalized spacial score (nSPS) is 21.0. The molecule has 0 aromatic heterocycles.